The first-order valence-electron chi connectivity index (χ1n) is 20.5. The van der Waals surface area contributed by atoms with Crippen LogP contribution in [-0.4, -0.2) is 123 Å². The maximum absolute atomic E-state index is 14.9. The van der Waals surface area contributed by atoms with E-state index < -0.39 is 72.9 Å². The van der Waals surface area contributed by atoms with E-state index >= 15 is 0 Å². The van der Waals surface area contributed by atoms with Gasteiger partial charge in [-0.1, -0.05) is 45.9 Å². The van der Waals surface area contributed by atoms with Gasteiger partial charge in [0.25, 0.3) is 5.92 Å². The van der Waals surface area contributed by atoms with Crippen LogP contribution in [0.15, 0.2) is 54.7 Å². The number of ether oxygens (including phenoxy) is 4. The third-order valence-corrected chi connectivity index (χ3v) is 11.7. The molecule has 4 unspecified atom stereocenters. The fourth-order valence-corrected chi connectivity index (χ4v) is 8.53. The van der Waals surface area contributed by atoms with Crippen LogP contribution in [0, 0.1) is 11.8 Å². The van der Waals surface area contributed by atoms with E-state index in [4.69, 9.17) is 24.2 Å². The quantitative estimate of drug-likeness (QED) is 0.131. The average Bonchev–Trinajstić information content (AvgIpc) is 4.11. The number of benzene rings is 2. The number of nitrogens with one attached hydrogen (secondary N) is 4. The number of carbonyl (C=O) groups excluding carboxylic acids is 4. The normalized spacial score (nSPS) is 20.4. The van der Waals surface area contributed by atoms with Gasteiger partial charge in [0.15, 0.2) is 5.79 Å². The standard InChI is InChI=1S/C43H49F2N9O8/c1-22(2)34(51-40(57)59-5)38(55)53-20-42(44,45)17-32(53)36-46-19-31(50-36)29-12-9-26-15-24(7-10-27(26)47-29)25-8-11-28-30(16-25)49-37(48-28)33-18-43(61-13-14-62-43)21-54(33)39(56)35(23(3)4)52-41(58)60-6/h7-12,15-16,19,22-23,32-35H,13-14,17-18,20-21H2,1-6H3,(H,46,50)(H,48,49)(H,51,57)(H,52,58). The van der Waals surface area contributed by atoms with Crippen molar-refractivity contribution in [2.75, 3.05) is 40.5 Å². The highest BCUT2D eigenvalue weighted by atomic mass is 19.3. The Morgan fingerprint density at radius 1 is 0.758 bits per heavy atom. The molecule has 328 valence electrons. The molecule has 3 aliphatic rings. The van der Waals surface area contributed by atoms with Gasteiger partial charge >= 0.3 is 12.2 Å². The highest BCUT2D eigenvalue weighted by molar-refractivity contribution is 5.90. The van der Waals surface area contributed by atoms with Crippen LogP contribution in [0.3, 0.4) is 0 Å². The van der Waals surface area contributed by atoms with Crippen LogP contribution in [0.2, 0.25) is 0 Å². The summed E-state index contributed by atoms with van der Waals surface area (Å²) in [5.41, 5.74) is 4.99. The van der Waals surface area contributed by atoms with Gasteiger partial charge in [-0.3, -0.25) is 9.59 Å². The summed E-state index contributed by atoms with van der Waals surface area (Å²) in [6, 6.07) is 11.9. The molecule has 3 saturated heterocycles. The highest BCUT2D eigenvalue weighted by Crippen LogP contribution is 2.44. The lowest BCUT2D eigenvalue weighted by atomic mass is 10.0. The third-order valence-electron chi connectivity index (χ3n) is 11.7. The van der Waals surface area contributed by atoms with Crippen molar-refractivity contribution in [3.8, 4) is 22.5 Å². The summed E-state index contributed by atoms with van der Waals surface area (Å²) in [5.74, 6) is -4.95. The molecule has 1 spiro atoms. The van der Waals surface area contributed by atoms with Crippen molar-refractivity contribution in [3.05, 3.63) is 66.4 Å². The summed E-state index contributed by atoms with van der Waals surface area (Å²) < 4.78 is 51.2. The molecule has 3 aliphatic heterocycles. The Bertz CT molecular complexity index is 2520. The minimum atomic E-state index is -3.16. The zero-order chi connectivity index (χ0) is 44.1. The lowest BCUT2D eigenvalue weighted by Crippen LogP contribution is -2.52. The van der Waals surface area contributed by atoms with Gasteiger partial charge in [-0.15, -0.1) is 0 Å². The Morgan fingerprint density at radius 2 is 1.35 bits per heavy atom. The second-order valence-corrected chi connectivity index (χ2v) is 16.7. The molecule has 0 saturated carbocycles. The summed E-state index contributed by atoms with van der Waals surface area (Å²) in [4.78, 5) is 75.2. The Balaban J connectivity index is 1.02. The number of aromatic amines is 2. The predicted molar refractivity (Wildman–Crippen MR) is 220 cm³/mol. The van der Waals surface area contributed by atoms with E-state index in [1.54, 1.807) is 24.8 Å². The molecule has 2 aromatic carbocycles. The van der Waals surface area contributed by atoms with E-state index in [9.17, 15) is 28.0 Å². The molecule has 4 amide bonds. The molecule has 3 fully saturated rings. The van der Waals surface area contributed by atoms with Crippen LogP contribution >= 0.6 is 0 Å². The molecule has 3 aromatic heterocycles. The first-order chi connectivity index (χ1) is 29.6. The van der Waals surface area contributed by atoms with Gasteiger partial charge in [-0.25, -0.2) is 33.3 Å². The van der Waals surface area contributed by atoms with Gasteiger partial charge in [-0.2, -0.15) is 0 Å². The monoisotopic (exact) mass is 857 g/mol. The van der Waals surface area contributed by atoms with Crippen LogP contribution in [0.1, 0.15) is 64.3 Å². The number of fused-ring (bicyclic) bond motifs is 2. The first kappa shape index (κ1) is 42.5. The second-order valence-electron chi connectivity index (χ2n) is 16.7. The van der Waals surface area contributed by atoms with E-state index in [1.807, 2.05) is 56.3 Å². The molecule has 6 heterocycles. The average molecular weight is 858 g/mol. The minimum absolute atomic E-state index is 0.175. The fourth-order valence-electron chi connectivity index (χ4n) is 8.53. The molecule has 62 heavy (non-hydrogen) atoms. The van der Waals surface area contributed by atoms with E-state index in [0.717, 1.165) is 26.9 Å². The number of imidazole rings is 2. The molecule has 0 bridgehead atoms. The molecule has 5 aromatic rings. The van der Waals surface area contributed by atoms with Crippen molar-refractivity contribution >= 4 is 45.9 Å². The predicted octanol–water partition coefficient (Wildman–Crippen LogP) is 5.85. The van der Waals surface area contributed by atoms with Crippen molar-refractivity contribution in [1.82, 2.24) is 45.4 Å². The Morgan fingerprint density at radius 3 is 1.98 bits per heavy atom. The number of methoxy groups -OCH3 is 2. The SMILES string of the molecule is COC(=O)NC(C(=O)N1CC(F)(F)CC1c1ncc(-c2ccc3cc(-c4ccc5nc(C6CC7(CN6C(=O)C(NC(=O)OC)C(C)C)OCCO7)[nH]c5c4)ccc3n2)[nH]1)C(C)C. The van der Waals surface area contributed by atoms with E-state index in [0.29, 0.717) is 47.9 Å². The molecule has 4 N–H and O–H groups in total. The number of H-pyrrole nitrogens is 2. The molecule has 8 rings (SSSR count). The topological polar surface area (TPSA) is 206 Å². The number of amides is 4. The molecule has 0 radical (unpaired) electrons. The van der Waals surface area contributed by atoms with Gasteiger partial charge in [-0.05, 0) is 53.3 Å². The second kappa shape index (κ2) is 16.6. The Hall–Kier alpha value is -6.21. The number of rotatable bonds is 10. The number of pyridine rings is 1. The molecule has 19 heteroatoms. The maximum Gasteiger partial charge on any atom is 0.407 e. The van der Waals surface area contributed by atoms with E-state index in [2.05, 4.69) is 30.3 Å². The molecule has 4 atom stereocenters. The summed E-state index contributed by atoms with van der Waals surface area (Å²) in [6.45, 7) is 7.29. The van der Waals surface area contributed by atoms with Gasteiger partial charge < -0.3 is 49.3 Å². The molecular weight excluding hydrogens is 809 g/mol. The van der Waals surface area contributed by atoms with Gasteiger partial charge in [0, 0.05) is 18.2 Å². The van der Waals surface area contributed by atoms with Crippen molar-refractivity contribution in [3.63, 3.8) is 0 Å². The molecular formula is C43H49F2N9O8. The lowest BCUT2D eigenvalue weighted by molar-refractivity contribution is -0.153. The minimum Gasteiger partial charge on any atom is -0.453 e. The number of halogens is 2. The highest BCUT2D eigenvalue weighted by Gasteiger charge is 2.53. The zero-order valence-corrected chi connectivity index (χ0v) is 35.2. The largest absolute Gasteiger partial charge is 0.453 e. The Labute approximate surface area is 355 Å². The van der Waals surface area contributed by atoms with E-state index in [-0.39, 0.29) is 24.2 Å². The first-order valence-corrected chi connectivity index (χ1v) is 20.5. The lowest BCUT2D eigenvalue weighted by Gasteiger charge is -2.30. The van der Waals surface area contributed by atoms with Crippen molar-refractivity contribution in [2.24, 2.45) is 11.8 Å². The number of hydrogen-bond donors (Lipinski definition) is 4. The van der Waals surface area contributed by atoms with Crippen LogP contribution in [0.4, 0.5) is 18.4 Å². The number of carbonyl (C=O) groups is 4. The smallest absolute Gasteiger partial charge is 0.407 e. The van der Waals surface area contributed by atoms with Crippen LogP contribution in [0.25, 0.3) is 44.5 Å². The number of aromatic nitrogens is 5. The van der Waals surface area contributed by atoms with Crippen molar-refractivity contribution in [1.29, 1.82) is 0 Å². The molecule has 17 nitrogen and oxygen atoms in total. The number of nitrogens with zero attached hydrogens (tertiary/aromatic N) is 5. The third kappa shape index (κ3) is 8.25. The summed E-state index contributed by atoms with van der Waals surface area (Å²) in [5, 5.41) is 6.00. The summed E-state index contributed by atoms with van der Waals surface area (Å²) in [7, 11) is 2.42. The summed E-state index contributed by atoms with van der Waals surface area (Å²) >= 11 is 0. The van der Waals surface area contributed by atoms with E-state index in [1.165, 1.54) is 20.4 Å². The van der Waals surface area contributed by atoms with Crippen LogP contribution in [-0.2, 0) is 28.5 Å². The number of alkyl halides is 2. The maximum atomic E-state index is 14.9. The zero-order valence-electron chi connectivity index (χ0n) is 35.2. The van der Waals surface area contributed by atoms with Crippen LogP contribution in [0.5, 0.6) is 0 Å². The number of likely N-dealkylation sites (tertiary alicyclic amines) is 2. The number of alkyl carbamates (subject to hydrolysis) is 2. The van der Waals surface area contributed by atoms with Crippen molar-refractivity contribution in [2.45, 2.75) is 76.4 Å². The summed E-state index contributed by atoms with van der Waals surface area (Å²) in [6.07, 6.45) is -0.295. The van der Waals surface area contributed by atoms with Gasteiger partial charge in [0.1, 0.15) is 23.7 Å². The van der Waals surface area contributed by atoms with Crippen molar-refractivity contribution < 1.29 is 46.9 Å². The molecule has 0 aliphatic carbocycles. The fraction of sp³-hybridized carbons (Fsp3) is 0.465. The van der Waals surface area contributed by atoms with Crippen LogP contribution < -0.4 is 10.6 Å². The number of hydrogen-bond acceptors (Lipinski definition) is 11. The van der Waals surface area contributed by atoms with Gasteiger partial charge in [0.2, 0.25) is 11.8 Å². The van der Waals surface area contributed by atoms with Gasteiger partial charge in [0.05, 0.1) is 86.7 Å². The Kier molecular flexibility index (Phi) is 11.4.